The number of imide groups is 1. The highest BCUT2D eigenvalue weighted by Crippen LogP contribution is 2.52. The number of carbonyl (C=O) groups is 3. The summed E-state index contributed by atoms with van der Waals surface area (Å²) < 4.78 is 45.9. The third-order valence-electron chi connectivity index (χ3n) is 9.47. The van der Waals surface area contributed by atoms with Crippen molar-refractivity contribution in [1.82, 2.24) is 5.32 Å². The van der Waals surface area contributed by atoms with Gasteiger partial charge in [-0.3, -0.25) is 29.8 Å². The molecule has 4 atom stereocenters. The number of nitrogens with zero attached hydrogens (tertiary/aromatic N) is 2. The Morgan fingerprint density at radius 1 is 0.920 bits per heavy atom. The van der Waals surface area contributed by atoms with Crippen LogP contribution in [0.3, 0.4) is 0 Å². The van der Waals surface area contributed by atoms with E-state index in [1.165, 1.54) is 48.5 Å². The lowest BCUT2D eigenvalue weighted by Crippen LogP contribution is -2.57. The minimum Gasteiger partial charge on any atom is -0.480 e. The second-order valence-corrected chi connectivity index (χ2v) is 12.3. The smallest absolute Gasteiger partial charge is 0.416 e. The first-order chi connectivity index (χ1) is 23.8. The molecular weight excluding hydrogens is 655 g/mol. The molecule has 2 heterocycles. The number of anilines is 1. The molecule has 2 aliphatic heterocycles. The summed E-state index contributed by atoms with van der Waals surface area (Å²) in [5.74, 6) is -5.23. The van der Waals surface area contributed by atoms with Gasteiger partial charge in [-0.05, 0) is 65.4 Å². The van der Waals surface area contributed by atoms with E-state index < -0.39 is 57.9 Å². The molecule has 0 saturated carbocycles. The van der Waals surface area contributed by atoms with Gasteiger partial charge >= 0.3 is 12.1 Å². The van der Waals surface area contributed by atoms with Crippen molar-refractivity contribution >= 4 is 29.2 Å². The zero-order chi connectivity index (χ0) is 36.0. The molecule has 2 fully saturated rings. The molecule has 4 aromatic carbocycles. The highest BCUT2D eigenvalue weighted by Gasteiger charge is 2.69. The SMILES string of the molecule is CCc1cccc(CC)c1N1C(=O)C2C(c3cccc(Oc4cccc(C(F)(F)F)c4)c3)NC(Cc3ccc([N+](=O)[O-])cc3)(C(=O)O)C2C1=O. The van der Waals surface area contributed by atoms with Gasteiger partial charge in [0.1, 0.15) is 17.0 Å². The van der Waals surface area contributed by atoms with Crippen molar-refractivity contribution in [2.24, 2.45) is 11.8 Å². The average molecular weight is 688 g/mol. The zero-order valence-corrected chi connectivity index (χ0v) is 26.9. The van der Waals surface area contributed by atoms with E-state index in [4.69, 9.17) is 4.74 Å². The number of benzene rings is 4. The first-order valence-corrected chi connectivity index (χ1v) is 16.0. The first-order valence-electron chi connectivity index (χ1n) is 16.0. The van der Waals surface area contributed by atoms with E-state index in [9.17, 15) is 42.8 Å². The van der Waals surface area contributed by atoms with Crippen LogP contribution in [-0.2, 0) is 39.8 Å². The quantitative estimate of drug-likeness (QED) is 0.103. The Bertz CT molecular complexity index is 1980. The van der Waals surface area contributed by atoms with E-state index in [0.29, 0.717) is 29.7 Å². The Morgan fingerprint density at radius 2 is 1.52 bits per heavy atom. The summed E-state index contributed by atoms with van der Waals surface area (Å²) in [6, 6.07) is 20.3. The molecule has 2 saturated heterocycles. The summed E-state index contributed by atoms with van der Waals surface area (Å²) in [5, 5.41) is 25.3. The van der Waals surface area contributed by atoms with Crippen LogP contribution in [0, 0.1) is 22.0 Å². The van der Waals surface area contributed by atoms with Gasteiger partial charge in [0.15, 0.2) is 0 Å². The maximum Gasteiger partial charge on any atom is 0.416 e. The number of amides is 2. The number of hydrogen-bond donors (Lipinski definition) is 2. The van der Waals surface area contributed by atoms with Gasteiger partial charge in [-0.25, -0.2) is 4.90 Å². The number of aryl methyl sites for hydroxylation is 2. The van der Waals surface area contributed by atoms with Crippen LogP contribution in [0.4, 0.5) is 24.5 Å². The Kier molecular flexibility index (Phi) is 8.95. The van der Waals surface area contributed by atoms with E-state index in [1.807, 2.05) is 32.0 Å². The van der Waals surface area contributed by atoms with Crippen LogP contribution in [-0.4, -0.2) is 33.4 Å². The van der Waals surface area contributed by atoms with E-state index in [0.717, 1.165) is 28.2 Å². The topological polar surface area (TPSA) is 139 Å². The Labute approximate surface area is 284 Å². The van der Waals surface area contributed by atoms with Gasteiger partial charge in [0, 0.05) is 24.6 Å². The number of nitro benzene ring substituents is 1. The number of para-hydroxylation sites is 1. The minimum absolute atomic E-state index is 0.0890. The first kappa shape index (κ1) is 34.3. The average Bonchev–Trinajstić information content (AvgIpc) is 3.57. The largest absolute Gasteiger partial charge is 0.480 e. The van der Waals surface area contributed by atoms with E-state index >= 15 is 0 Å². The zero-order valence-electron chi connectivity index (χ0n) is 26.9. The van der Waals surface area contributed by atoms with Gasteiger partial charge in [0.25, 0.3) is 5.69 Å². The van der Waals surface area contributed by atoms with Crippen LogP contribution in [0.25, 0.3) is 0 Å². The van der Waals surface area contributed by atoms with Gasteiger partial charge in [-0.15, -0.1) is 0 Å². The molecule has 2 amide bonds. The molecule has 0 aromatic heterocycles. The van der Waals surface area contributed by atoms with Gasteiger partial charge in [0.2, 0.25) is 11.8 Å². The number of carboxylic acid groups (broad SMARTS) is 1. The fourth-order valence-electron chi connectivity index (χ4n) is 7.15. The lowest BCUT2D eigenvalue weighted by molar-refractivity contribution is -0.384. The molecule has 0 aliphatic carbocycles. The number of nitrogens with one attached hydrogen (secondary N) is 1. The van der Waals surface area contributed by atoms with Crippen molar-refractivity contribution in [3.8, 4) is 11.5 Å². The van der Waals surface area contributed by atoms with Crippen LogP contribution in [0.1, 0.15) is 47.7 Å². The molecule has 10 nitrogen and oxygen atoms in total. The Hall–Kier alpha value is -5.56. The molecule has 0 bridgehead atoms. The van der Waals surface area contributed by atoms with Gasteiger partial charge in [0.05, 0.1) is 28.0 Å². The maximum absolute atomic E-state index is 14.6. The number of nitro groups is 1. The van der Waals surface area contributed by atoms with Crippen molar-refractivity contribution < 1.29 is 42.3 Å². The van der Waals surface area contributed by atoms with Crippen LogP contribution in [0.5, 0.6) is 11.5 Å². The molecule has 258 valence electrons. The van der Waals surface area contributed by atoms with Crippen molar-refractivity contribution in [2.75, 3.05) is 4.90 Å². The molecule has 6 rings (SSSR count). The molecular formula is C37H32F3N3O7. The van der Waals surface area contributed by atoms with Gasteiger partial charge < -0.3 is 9.84 Å². The van der Waals surface area contributed by atoms with E-state index in [-0.39, 0.29) is 23.6 Å². The molecule has 4 unspecified atom stereocenters. The lowest BCUT2D eigenvalue weighted by Gasteiger charge is -2.32. The molecule has 0 spiro atoms. The number of aliphatic carboxylic acids is 1. The third kappa shape index (κ3) is 5.98. The number of hydrogen-bond acceptors (Lipinski definition) is 7. The van der Waals surface area contributed by atoms with Crippen LogP contribution in [0.15, 0.2) is 91.0 Å². The number of non-ortho nitro benzene ring substituents is 1. The summed E-state index contributed by atoms with van der Waals surface area (Å²) in [7, 11) is 0. The molecule has 2 N–H and O–H groups in total. The highest BCUT2D eigenvalue weighted by molar-refractivity contribution is 6.25. The molecule has 2 aliphatic rings. The standard InChI is InChI=1S/C37H32F3N3O7/c1-3-22-8-5-9-23(4-2)32(22)42-33(44)29-30(34(42)45)36(35(46)47,20-21-14-16-26(17-15-21)43(48)49)41-31(29)24-10-6-12-27(18-24)50-28-13-7-11-25(19-28)37(38,39)40/h5-19,29-31,41H,3-4,20H2,1-2H3,(H,46,47). The summed E-state index contributed by atoms with van der Waals surface area (Å²) in [5.41, 5.74) is -0.473. The van der Waals surface area contributed by atoms with Gasteiger partial charge in [-0.1, -0.05) is 62.4 Å². The normalized spacial score (nSPS) is 21.7. The molecule has 13 heteroatoms. The third-order valence-corrected chi connectivity index (χ3v) is 9.47. The van der Waals surface area contributed by atoms with Crippen LogP contribution < -0.4 is 15.0 Å². The highest BCUT2D eigenvalue weighted by atomic mass is 19.4. The number of rotatable bonds is 10. The fourth-order valence-corrected chi connectivity index (χ4v) is 7.15. The molecule has 50 heavy (non-hydrogen) atoms. The predicted molar refractivity (Wildman–Crippen MR) is 176 cm³/mol. The number of carbonyl (C=O) groups excluding carboxylic acids is 2. The number of carboxylic acids is 1. The monoisotopic (exact) mass is 687 g/mol. The van der Waals surface area contributed by atoms with Crippen molar-refractivity contribution in [3.63, 3.8) is 0 Å². The fraction of sp³-hybridized carbons (Fsp3) is 0.270. The second kappa shape index (κ2) is 13.0. The number of ether oxygens (including phenoxy) is 1. The lowest BCUT2D eigenvalue weighted by atomic mass is 9.76. The van der Waals surface area contributed by atoms with Crippen LogP contribution in [0.2, 0.25) is 0 Å². The van der Waals surface area contributed by atoms with Crippen molar-refractivity contribution in [3.05, 3.63) is 129 Å². The summed E-state index contributed by atoms with van der Waals surface area (Å²) >= 11 is 0. The Morgan fingerprint density at radius 3 is 2.10 bits per heavy atom. The van der Waals surface area contributed by atoms with Crippen molar-refractivity contribution in [2.45, 2.75) is 50.9 Å². The molecule has 0 radical (unpaired) electrons. The number of alkyl halides is 3. The predicted octanol–water partition coefficient (Wildman–Crippen LogP) is 7.05. The second-order valence-electron chi connectivity index (χ2n) is 12.3. The van der Waals surface area contributed by atoms with E-state index in [1.54, 1.807) is 12.1 Å². The summed E-state index contributed by atoms with van der Waals surface area (Å²) in [4.78, 5) is 54.4. The summed E-state index contributed by atoms with van der Waals surface area (Å²) in [6.07, 6.45) is -3.89. The van der Waals surface area contributed by atoms with Crippen molar-refractivity contribution in [1.29, 1.82) is 0 Å². The Balaban J connectivity index is 1.46. The van der Waals surface area contributed by atoms with Gasteiger partial charge in [-0.2, -0.15) is 13.2 Å². The summed E-state index contributed by atoms with van der Waals surface area (Å²) in [6.45, 7) is 3.78. The maximum atomic E-state index is 14.6. The minimum atomic E-state index is -4.59. The molecule has 4 aromatic rings. The number of fused-ring (bicyclic) bond motifs is 1. The van der Waals surface area contributed by atoms with Crippen LogP contribution >= 0.6 is 0 Å². The number of halogens is 3. The van der Waals surface area contributed by atoms with E-state index in [2.05, 4.69) is 5.32 Å².